The minimum Gasteiger partial charge on any atom is -0.507 e. The van der Waals surface area contributed by atoms with Crippen LogP contribution in [0.25, 0.3) is 6.08 Å². The van der Waals surface area contributed by atoms with Gasteiger partial charge in [-0.1, -0.05) is 19.1 Å². The van der Waals surface area contributed by atoms with E-state index in [0.717, 1.165) is 49.4 Å². The third kappa shape index (κ3) is 4.40. The van der Waals surface area contributed by atoms with Crippen LogP contribution in [0, 0.1) is 12.8 Å². The first-order valence-corrected chi connectivity index (χ1v) is 11.8. The molecule has 5 nitrogen and oxygen atoms in total. The van der Waals surface area contributed by atoms with E-state index < -0.39 is 0 Å². The molecule has 2 aliphatic heterocycles. The first-order chi connectivity index (χ1) is 15.4. The summed E-state index contributed by atoms with van der Waals surface area (Å²) in [4.78, 5) is 17.8. The molecule has 1 unspecified atom stereocenters. The number of carbonyl (C=O) groups excluding carboxylic acids is 1. The first kappa shape index (κ1) is 22.4. The largest absolute Gasteiger partial charge is 0.507 e. The number of ketones is 1. The molecule has 2 aromatic rings. The van der Waals surface area contributed by atoms with Gasteiger partial charge >= 0.3 is 0 Å². The van der Waals surface area contributed by atoms with Crippen molar-refractivity contribution in [2.45, 2.75) is 47.1 Å². The van der Waals surface area contributed by atoms with Crippen molar-refractivity contribution in [3.05, 3.63) is 58.3 Å². The molecule has 0 aromatic heterocycles. The van der Waals surface area contributed by atoms with Gasteiger partial charge in [-0.15, -0.1) is 0 Å². The number of piperidine rings is 1. The zero-order valence-electron chi connectivity index (χ0n) is 19.6. The van der Waals surface area contributed by atoms with Gasteiger partial charge in [-0.25, -0.2) is 0 Å². The SMILES string of the molecule is CCN(CC)c1ccc(/C=C2/Oc3c(CN4CCCC(C)C4)c(O)cc(C)c3C2=O)cc1. The molecule has 32 heavy (non-hydrogen) atoms. The lowest BCUT2D eigenvalue weighted by atomic mass is 9.97. The molecule has 2 heterocycles. The smallest absolute Gasteiger partial charge is 0.232 e. The Balaban J connectivity index is 1.62. The van der Waals surface area contributed by atoms with Gasteiger partial charge in [0.25, 0.3) is 0 Å². The monoisotopic (exact) mass is 434 g/mol. The Hall–Kier alpha value is -2.79. The van der Waals surface area contributed by atoms with Crippen LogP contribution in [0.1, 0.15) is 60.7 Å². The Kier molecular flexibility index (Phi) is 6.56. The first-order valence-electron chi connectivity index (χ1n) is 11.8. The molecule has 0 saturated carbocycles. The van der Waals surface area contributed by atoms with Gasteiger partial charge in [0.1, 0.15) is 11.5 Å². The number of aryl methyl sites for hydroxylation is 1. The fourth-order valence-corrected chi connectivity index (χ4v) is 4.91. The zero-order chi connectivity index (χ0) is 22.8. The molecule has 0 amide bonds. The Morgan fingerprint density at radius 2 is 1.94 bits per heavy atom. The highest BCUT2D eigenvalue weighted by atomic mass is 16.5. The average molecular weight is 435 g/mol. The molecule has 5 heteroatoms. The Morgan fingerprint density at radius 3 is 2.59 bits per heavy atom. The minimum atomic E-state index is -0.112. The van der Waals surface area contributed by atoms with E-state index in [1.807, 2.05) is 19.1 Å². The molecule has 1 N–H and O–H groups in total. The maximum atomic E-state index is 13.2. The van der Waals surface area contributed by atoms with Gasteiger partial charge in [-0.3, -0.25) is 9.69 Å². The van der Waals surface area contributed by atoms with Gasteiger partial charge in [0, 0.05) is 31.9 Å². The van der Waals surface area contributed by atoms with Gasteiger partial charge in [-0.2, -0.15) is 0 Å². The number of nitrogens with zero attached hydrogens (tertiary/aromatic N) is 2. The number of allylic oxidation sites excluding steroid dienone is 1. The highest BCUT2D eigenvalue weighted by Crippen LogP contribution is 2.42. The number of hydrogen-bond donors (Lipinski definition) is 1. The van der Waals surface area contributed by atoms with Gasteiger partial charge in [0.05, 0.1) is 11.1 Å². The highest BCUT2D eigenvalue weighted by molar-refractivity contribution is 6.15. The fourth-order valence-electron chi connectivity index (χ4n) is 4.91. The summed E-state index contributed by atoms with van der Waals surface area (Å²) in [5.74, 6) is 1.58. The van der Waals surface area contributed by atoms with Gasteiger partial charge in [-0.05, 0) is 81.5 Å². The summed E-state index contributed by atoms with van der Waals surface area (Å²) in [5, 5.41) is 10.7. The number of likely N-dealkylation sites (tertiary alicyclic amines) is 1. The fraction of sp³-hybridized carbons (Fsp3) is 0.444. The number of benzene rings is 2. The number of carbonyl (C=O) groups is 1. The number of rotatable bonds is 6. The number of aromatic hydroxyl groups is 1. The second-order valence-electron chi connectivity index (χ2n) is 9.08. The maximum absolute atomic E-state index is 13.2. The van der Waals surface area contributed by atoms with E-state index in [2.05, 4.69) is 42.7 Å². The molecular weight excluding hydrogens is 400 g/mol. The predicted molar refractivity (Wildman–Crippen MR) is 129 cm³/mol. The molecule has 1 saturated heterocycles. The van der Waals surface area contributed by atoms with Crippen LogP contribution in [0.4, 0.5) is 5.69 Å². The molecule has 0 spiro atoms. The van der Waals surface area contributed by atoms with Crippen LogP contribution in [0.5, 0.6) is 11.5 Å². The van der Waals surface area contributed by atoms with E-state index in [1.165, 1.54) is 6.42 Å². The van der Waals surface area contributed by atoms with Crippen molar-refractivity contribution >= 4 is 17.5 Å². The van der Waals surface area contributed by atoms with Crippen LogP contribution in [-0.4, -0.2) is 42.0 Å². The molecule has 1 atom stereocenters. The van der Waals surface area contributed by atoms with Crippen molar-refractivity contribution in [3.63, 3.8) is 0 Å². The van der Waals surface area contributed by atoms with Gasteiger partial charge < -0.3 is 14.7 Å². The van der Waals surface area contributed by atoms with Crippen LogP contribution in [0.15, 0.2) is 36.1 Å². The van der Waals surface area contributed by atoms with Crippen LogP contribution in [0.2, 0.25) is 0 Å². The lowest BCUT2D eigenvalue weighted by Crippen LogP contribution is -2.33. The van der Waals surface area contributed by atoms with E-state index in [9.17, 15) is 9.90 Å². The topological polar surface area (TPSA) is 53.0 Å². The molecule has 1 fully saturated rings. The van der Waals surface area contributed by atoms with Gasteiger partial charge in [0.2, 0.25) is 5.78 Å². The summed E-state index contributed by atoms with van der Waals surface area (Å²) in [7, 11) is 0. The summed E-state index contributed by atoms with van der Waals surface area (Å²) in [5.41, 5.74) is 4.13. The quantitative estimate of drug-likeness (QED) is 0.618. The van der Waals surface area contributed by atoms with E-state index in [4.69, 9.17) is 4.74 Å². The number of ether oxygens (including phenoxy) is 1. The maximum Gasteiger partial charge on any atom is 0.232 e. The summed E-state index contributed by atoms with van der Waals surface area (Å²) in [6, 6.07) is 9.88. The molecule has 0 bridgehead atoms. The lowest BCUT2D eigenvalue weighted by molar-refractivity contribution is 0.101. The van der Waals surface area contributed by atoms with E-state index in [0.29, 0.717) is 35.1 Å². The van der Waals surface area contributed by atoms with Crippen LogP contribution >= 0.6 is 0 Å². The molecule has 4 rings (SSSR count). The number of phenols is 1. The number of hydrogen-bond acceptors (Lipinski definition) is 5. The van der Waals surface area contributed by atoms with Crippen LogP contribution in [-0.2, 0) is 6.54 Å². The second-order valence-corrected chi connectivity index (χ2v) is 9.08. The van der Waals surface area contributed by atoms with Crippen LogP contribution in [0.3, 0.4) is 0 Å². The third-order valence-corrected chi connectivity index (χ3v) is 6.66. The molecule has 2 aromatic carbocycles. The van der Waals surface area contributed by atoms with Crippen molar-refractivity contribution in [3.8, 4) is 11.5 Å². The van der Waals surface area contributed by atoms with E-state index >= 15 is 0 Å². The second kappa shape index (κ2) is 9.37. The normalized spacial score (nSPS) is 19.8. The number of anilines is 1. The Labute approximate surface area is 191 Å². The van der Waals surface area contributed by atoms with Crippen molar-refractivity contribution < 1.29 is 14.6 Å². The summed E-state index contributed by atoms with van der Waals surface area (Å²) >= 11 is 0. The number of Topliss-reactive ketones (excluding diaryl/α,β-unsaturated/α-hetero) is 1. The number of phenolic OH excluding ortho intramolecular Hbond substituents is 1. The standard InChI is InChI=1S/C27H34N2O3/c1-5-29(6-2)21-11-9-20(10-12-21)15-24-26(31)25-19(4)14-23(30)22(27(25)32-24)17-28-13-7-8-18(3)16-28/h9-12,14-15,18,30H,5-8,13,16-17H2,1-4H3/b24-15+. The summed E-state index contributed by atoms with van der Waals surface area (Å²) in [6.45, 7) is 12.9. The van der Waals surface area contributed by atoms with Gasteiger partial charge in [0.15, 0.2) is 5.76 Å². The van der Waals surface area contributed by atoms with Crippen LogP contribution < -0.4 is 9.64 Å². The lowest BCUT2D eigenvalue weighted by Gasteiger charge is -2.31. The van der Waals surface area contributed by atoms with Crippen molar-refractivity contribution in [1.82, 2.24) is 4.90 Å². The third-order valence-electron chi connectivity index (χ3n) is 6.66. The minimum absolute atomic E-state index is 0.112. The summed E-state index contributed by atoms with van der Waals surface area (Å²) < 4.78 is 6.12. The molecule has 0 aliphatic carbocycles. The van der Waals surface area contributed by atoms with Crippen molar-refractivity contribution in [2.75, 3.05) is 31.1 Å². The average Bonchev–Trinajstić information content (AvgIpc) is 3.09. The molecule has 170 valence electrons. The Bertz CT molecular complexity index is 1020. The number of fused-ring (bicyclic) bond motifs is 1. The van der Waals surface area contributed by atoms with E-state index in [-0.39, 0.29) is 11.5 Å². The zero-order valence-corrected chi connectivity index (χ0v) is 19.6. The van der Waals surface area contributed by atoms with E-state index in [1.54, 1.807) is 12.1 Å². The summed E-state index contributed by atoms with van der Waals surface area (Å²) in [6.07, 6.45) is 4.20. The van der Waals surface area contributed by atoms with Crippen molar-refractivity contribution in [1.29, 1.82) is 0 Å². The molecule has 2 aliphatic rings. The molecular formula is C27H34N2O3. The molecule has 0 radical (unpaired) electrons. The Morgan fingerprint density at radius 1 is 1.22 bits per heavy atom. The highest BCUT2D eigenvalue weighted by Gasteiger charge is 2.34. The van der Waals surface area contributed by atoms with Crippen molar-refractivity contribution in [2.24, 2.45) is 5.92 Å². The predicted octanol–water partition coefficient (Wildman–Crippen LogP) is 5.39.